The van der Waals surface area contributed by atoms with Crippen molar-refractivity contribution in [2.24, 2.45) is 0 Å². The van der Waals surface area contributed by atoms with Crippen molar-refractivity contribution in [2.75, 3.05) is 26.2 Å². The summed E-state index contributed by atoms with van der Waals surface area (Å²) >= 11 is 3.32. The fourth-order valence-electron chi connectivity index (χ4n) is 2.49. The highest BCUT2D eigenvalue weighted by Gasteiger charge is 2.38. The number of amides is 1. The van der Waals surface area contributed by atoms with E-state index in [0.29, 0.717) is 18.8 Å². The van der Waals surface area contributed by atoms with Crippen molar-refractivity contribution in [2.45, 2.75) is 12.1 Å². The highest BCUT2D eigenvalue weighted by molar-refractivity contribution is 9.10. The fraction of sp³-hybridized carbons (Fsp3) is 0.500. The van der Waals surface area contributed by atoms with Gasteiger partial charge in [-0.05, 0) is 28.1 Å². The molecule has 8 heteroatoms. The van der Waals surface area contributed by atoms with Crippen molar-refractivity contribution >= 4 is 46.7 Å². The molecule has 2 aliphatic heterocycles. The summed E-state index contributed by atoms with van der Waals surface area (Å²) in [7, 11) is 0. The highest BCUT2D eigenvalue weighted by atomic mass is 79.9. The summed E-state index contributed by atoms with van der Waals surface area (Å²) in [4.78, 5) is 18.5. The van der Waals surface area contributed by atoms with Gasteiger partial charge in [-0.1, -0.05) is 0 Å². The molecule has 2 saturated heterocycles. The molecule has 5 nitrogen and oxygen atoms in total. The molecule has 112 valence electrons. The van der Waals surface area contributed by atoms with E-state index in [-0.39, 0.29) is 42.9 Å². The van der Waals surface area contributed by atoms with E-state index in [9.17, 15) is 4.79 Å². The third-order valence-corrected chi connectivity index (χ3v) is 3.87. The van der Waals surface area contributed by atoms with Crippen LogP contribution in [0.4, 0.5) is 0 Å². The average Bonchev–Trinajstić information content (AvgIpc) is 2.87. The fourth-order valence-corrected chi connectivity index (χ4v) is 2.73. The summed E-state index contributed by atoms with van der Waals surface area (Å²) in [5.41, 5.74) is 0.491. The van der Waals surface area contributed by atoms with E-state index in [2.05, 4.69) is 26.2 Å². The molecule has 1 amide bonds. The van der Waals surface area contributed by atoms with Crippen LogP contribution in [-0.2, 0) is 4.74 Å². The number of halogens is 3. The van der Waals surface area contributed by atoms with Crippen LogP contribution < -0.4 is 5.32 Å². The molecule has 0 unspecified atom stereocenters. The summed E-state index contributed by atoms with van der Waals surface area (Å²) in [6.07, 6.45) is 1.77. The van der Waals surface area contributed by atoms with Gasteiger partial charge in [0.15, 0.2) is 0 Å². The van der Waals surface area contributed by atoms with Crippen LogP contribution in [0.25, 0.3) is 0 Å². The zero-order valence-electron chi connectivity index (χ0n) is 10.6. The highest BCUT2D eigenvalue weighted by Crippen LogP contribution is 2.20. The molecule has 2 aliphatic rings. The quantitative estimate of drug-likeness (QED) is 0.797. The van der Waals surface area contributed by atoms with E-state index < -0.39 is 0 Å². The maximum atomic E-state index is 12.4. The number of ether oxygens (including phenoxy) is 1. The predicted octanol–water partition coefficient (Wildman–Crippen LogP) is 1.50. The molecule has 1 aromatic heterocycles. The zero-order valence-corrected chi connectivity index (χ0v) is 13.8. The molecule has 3 rings (SSSR count). The smallest absolute Gasteiger partial charge is 0.272 e. The maximum absolute atomic E-state index is 12.4. The minimum atomic E-state index is -0.00972. The Morgan fingerprint density at radius 1 is 1.40 bits per heavy atom. The second-order valence-corrected chi connectivity index (χ2v) is 5.41. The Kier molecular flexibility index (Phi) is 6.68. The maximum Gasteiger partial charge on any atom is 0.272 e. The summed E-state index contributed by atoms with van der Waals surface area (Å²) in [6, 6.07) is 3.72. The first-order chi connectivity index (χ1) is 8.75. The van der Waals surface area contributed by atoms with Gasteiger partial charge in [0.25, 0.3) is 5.91 Å². The first kappa shape index (κ1) is 17.7. The Hall–Kier alpha value is -0.400. The molecular formula is C12H16BrCl2N3O2. The van der Waals surface area contributed by atoms with Gasteiger partial charge in [0.05, 0.1) is 18.8 Å². The molecule has 2 fully saturated rings. The van der Waals surface area contributed by atoms with Crippen LogP contribution in [0.5, 0.6) is 0 Å². The van der Waals surface area contributed by atoms with Gasteiger partial charge in [-0.15, -0.1) is 24.8 Å². The van der Waals surface area contributed by atoms with Crippen LogP contribution in [-0.4, -0.2) is 54.2 Å². The lowest BCUT2D eigenvalue weighted by molar-refractivity contribution is -0.0366. The number of pyridine rings is 1. The van der Waals surface area contributed by atoms with E-state index >= 15 is 0 Å². The molecule has 1 N–H and O–H groups in total. The van der Waals surface area contributed by atoms with Crippen molar-refractivity contribution < 1.29 is 9.53 Å². The van der Waals surface area contributed by atoms with Gasteiger partial charge < -0.3 is 15.0 Å². The molecular weight excluding hydrogens is 369 g/mol. The van der Waals surface area contributed by atoms with Crippen molar-refractivity contribution in [1.82, 2.24) is 15.2 Å². The molecule has 0 bridgehead atoms. The lowest BCUT2D eigenvalue weighted by atomic mass is 10.1. The molecule has 0 spiro atoms. The van der Waals surface area contributed by atoms with Crippen molar-refractivity contribution in [1.29, 1.82) is 0 Å². The number of morpholine rings is 1. The summed E-state index contributed by atoms with van der Waals surface area (Å²) in [6.45, 7) is 2.86. The number of carbonyl (C=O) groups is 1. The normalized spacial score (nSPS) is 24.4. The van der Waals surface area contributed by atoms with Gasteiger partial charge in [-0.2, -0.15) is 0 Å². The van der Waals surface area contributed by atoms with Gasteiger partial charge in [0, 0.05) is 30.3 Å². The zero-order chi connectivity index (χ0) is 12.5. The third kappa shape index (κ3) is 3.43. The molecule has 1 aromatic rings. The largest absolute Gasteiger partial charge is 0.373 e. The first-order valence-corrected chi connectivity index (χ1v) is 6.80. The van der Waals surface area contributed by atoms with E-state index in [0.717, 1.165) is 17.6 Å². The molecule has 0 aliphatic carbocycles. The minimum absolute atomic E-state index is 0. The van der Waals surface area contributed by atoms with Crippen molar-refractivity contribution in [3.05, 3.63) is 28.5 Å². The second kappa shape index (κ2) is 7.56. The molecule has 3 heterocycles. The van der Waals surface area contributed by atoms with Crippen molar-refractivity contribution in [3.63, 3.8) is 0 Å². The van der Waals surface area contributed by atoms with E-state index in [1.54, 1.807) is 12.3 Å². The minimum Gasteiger partial charge on any atom is -0.373 e. The van der Waals surface area contributed by atoms with Crippen LogP contribution >= 0.6 is 40.7 Å². The van der Waals surface area contributed by atoms with Gasteiger partial charge >= 0.3 is 0 Å². The van der Waals surface area contributed by atoms with Gasteiger partial charge in [-0.25, -0.2) is 4.98 Å². The van der Waals surface area contributed by atoms with Crippen molar-refractivity contribution in [3.8, 4) is 0 Å². The predicted molar refractivity (Wildman–Crippen MR) is 83.9 cm³/mol. The van der Waals surface area contributed by atoms with E-state index in [1.807, 2.05) is 11.0 Å². The summed E-state index contributed by atoms with van der Waals surface area (Å²) < 4.78 is 6.53. The average molecular weight is 385 g/mol. The number of carbonyl (C=O) groups excluding carboxylic acids is 1. The second-order valence-electron chi connectivity index (χ2n) is 4.50. The number of nitrogens with zero attached hydrogens (tertiary/aromatic N) is 2. The summed E-state index contributed by atoms with van der Waals surface area (Å²) in [5, 5.41) is 3.26. The van der Waals surface area contributed by atoms with E-state index in [4.69, 9.17) is 4.74 Å². The van der Waals surface area contributed by atoms with Crippen LogP contribution in [0, 0.1) is 0 Å². The lowest BCUT2D eigenvalue weighted by Gasteiger charge is -2.36. The Morgan fingerprint density at radius 3 is 2.90 bits per heavy atom. The van der Waals surface area contributed by atoms with Crippen LogP contribution in [0.1, 0.15) is 10.5 Å². The third-order valence-electron chi connectivity index (χ3n) is 3.40. The standard InChI is InChI=1S/C12H14BrN3O2.2ClH/c13-8-1-2-9(15-5-8)12(17)16-3-4-18-11-7-14-6-10(11)16;;/h1-2,5,10-11,14H,3-4,6-7H2;2*1H/t10-,11+;;/m1../s1. The molecule has 0 radical (unpaired) electrons. The number of hydrogen-bond donors (Lipinski definition) is 1. The van der Waals surface area contributed by atoms with E-state index in [1.165, 1.54) is 0 Å². The van der Waals surface area contributed by atoms with Gasteiger partial charge in [0.2, 0.25) is 0 Å². The van der Waals surface area contributed by atoms with Gasteiger partial charge in [-0.3, -0.25) is 4.79 Å². The monoisotopic (exact) mass is 383 g/mol. The molecule has 0 saturated carbocycles. The summed E-state index contributed by atoms with van der Waals surface area (Å²) in [5.74, 6) is -0.00972. The van der Waals surface area contributed by atoms with Gasteiger partial charge in [0.1, 0.15) is 5.69 Å². The number of hydrogen-bond acceptors (Lipinski definition) is 4. The SMILES string of the molecule is Cl.Cl.O=C(c1ccc(Br)cn1)N1CCO[C@H]2CNC[C@H]21. The van der Waals surface area contributed by atoms with Crippen LogP contribution in [0.3, 0.4) is 0 Å². The Balaban J connectivity index is 0.000001000. The Bertz CT molecular complexity index is 461. The number of nitrogens with one attached hydrogen (secondary N) is 1. The molecule has 0 aromatic carbocycles. The number of rotatable bonds is 1. The van der Waals surface area contributed by atoms with Crippen LogP contribution in [0.15, 0.2) is 22.8 Å². The first-order valence-electron chi connectivity index (χ1n) is 6.00. The lowest BCUT2D eigenvalue weighted by Crippen LogP contribution is -2.53. The Morgan fingerprint density at radius 2 is 2.20 bits per heavy atom. The Labute approximate surface area is 138 Å². The topological polar surface area (TPSA) is 54.5 Å². The number of fused-ring (bicyclic) bond motifs is 1. The van der Waals surface area contributed by atoms with Crippen LogP contribution in [0.2, 0.25) is 0 Å². The molecule has 20 heavy (non-hydrogen) atoms. The molecule has 2 atom stereocenters. The number of aromatic nitrogens is 1.